The molecule has 0 unspecified atom stereocenters. The van der Waals surface area contributed by atoms with Gasteiger partial charge in [-0.3, -0.25) is 9.59 Å². The number of primary amides is 1. The summed E-state index contributed by atoms with van der Waals surface area (Å²) in [6.07, 6.45) is 1.60. The fourth-order valence-electron chi connectivity index (χ4n) is 3.88. The van der Waals surface area contributed by atoms with Crippen molar-refractivity contribution >= 4 is 17.5 Å². The van der Waals surface area contributed by atoms with Gasteiger partial charge in [0.2, 0.25) is 11.8 Å². The Balaban J connectivity index is 1.66. The molecule has 0 aromatic heterocycles. The third-order valence-corrected chi connectivity index (χ3v) is 6.18. The maximum Gasteiger partial charge on any atom is 0.223 e. The molecular weight excluding hydrogens is 388 g/mol. The molecule has 3 rings (SSSR count). The molecule has 0 saturated carbocycles. The Morgan fingerprint density at radius 1 is 1.10 bits per heavy atom. The van der Waals surface area contributed by atoms with E-state index in [0.717, 1.165) is 16.8 Å². The van der Waals surface area contributed by atoms with Crippen LogP contribution in [0.3, 0.4) is 0 Å². The highest BCUT2D eigenvalue weighted by Crippen LogP contribution is 2.34. The maximum absolute atomic E-state index is 12.5. The molecule has 2 aromatic carbocycles. The number of piperidine rings is 1. The van der Waals surface area contributed by atoms with Gasteiger partial charge in [0, 0.05) is 49.0 Å². The molecule has 1 saturated heterocycles. The lowest BCUT2D eigenvalue weighted by atomic mass is 9.85. The summed E-state index contributed by atoms with van der Waals surface area (Å²) in [5, 5.41) is 12.8. The summed E-state index contributed by atoms with van der Waals surface area (Å²) in [6, 6.07) is 20.8. The highest BCUT2D eigenvalue weighted by molar-refractivity contribution is 5.82. The van der Waals surface area contributed by atoms with Crippen molar-refractivity contribution in [1.29, 1.82) is 5.26 Å². The maximum atomic E-state index is 12.5. The Morgan fingerprint density at radius 3 is 2.32 bits per heavy atom. The van der Waals surface area contributed by atoms with Gasteiger partial charge >= 0.3 is 0 Å². The first kappa shape index (κ1) is 22.4. The van der Waals surface area contributed by atoms with Gasteiger partial charge in [-0.25, -0.2) is 0 Å². The predicted molar refractivity (Wildman–Crippen MR) is 122 cm³/mol. The number of para-hydroxylation sites is 1. The average Bonchev–Trinajstić information content (AvgIpc) is 2.79. The number of anilines is 1. The lowest BCUT2D eigenvalue weighted by Gasteiger charge is -2.39. The topological polar surface area (TPSA) is 99.2 Å². The van der Waals surface area contributed by atoms with Crippen LogP contribution in [0.25, 0.3) is 11.1 Å². The second-order valence-corrected chi connectivity index (χ2v) is 8.86. The van der Waals surface area contributed by atoms with Gasteiger partial charge in [-0.2, -0.15) is 5.26 Å². The molecule has 0 bridgehead atoms. The Kier molecular flexibility index (Phi) is 6.65. The zero-order chi connectivity index (χ0) is 22.5. The molecule has 0 atom stereocenters. The van der Waals surface area contributed by atoms with E-state index < -0.39 is 16.9 Å². The number of benzene rings is 2. The van der Waals surface area contributed by atoms with E-state index in [9.17, 15) is 14.9 Å². The van der Waals surface area contributed by atoms with E-state index in [-0.39, 0.29) is 12.3 Å². The number of carbonyl (C=O) groups excluding carboxylic acids is 2. The van der Waals surface area contributed by atoms with Gasteiger partial charge < -0.3 is 16.0 Å². The van der Waals surface area contributed by atoms with Crippen molar-refractivity contribution in [2.45, 2.75) is 45.1 Å². The Morgan fingerprint density at radius 2 is 1.71 bits per heavy atom. The fraction of sp³-hybridized carbons (Fsp3) is 0.400. The molecule has 31 heavy (non-hydrogen) atoms. The number of hydrogen-bond donors (Lipinski definition) is 2. The van der Waals surface area contributed by atoms with Crippen LogP contribution in [0.15, 0.2) is 54.6 Å². The molecule has 1 fully saturated rings. The SMILES string of the molecule is CC(C)(CCC(=O)NC1(C#N)CCN(c2ccccc2-c2ccccc2)CC1)C(N)=O. The molecule has 1 aliphatic rings. The summed E-state index contributed by atoms with van der Waals surface area (Å²) in [5.41, 5.74) is 7.20. The zero-order valence-electron chi connectivity index (χ0n) is 18.2. The van der Waals surface area contributed by atoms with E-state index in [4.69, 9.17) is 5.73 Å². The van der Waals surface area contributed by atoms with Gasteiger partial charge in [0.25, 0.3) is 0 Å². The van der Waals surface area contributed by atoms with Crippen LogP contribution >= 0.6 is 0 Å². The highest BCUT2D eigenvalue weighted by atomic mass is 16.2. The van der Waals surface area contributed by atoms with Gasteiger partial charge in [0.05, 0.1) is 6.07 Å². The van der Waals surface area contributed by atoms with E-state index in [1.165, 1.54) is 0 Å². The van der Waals surface area contributed by atoms with E-state index in [2.05, 4.69) is 40.6 Å². The standard InChI is InChI=1S/C25H30N4O2/c1-24(2,23(27)31)13-12-22(30)28-25(18-26)14-16-29(17-15-25)21-11-7-6-10-20(21)19-8-4-3-5-9-19/h3-11H,12-17H2,1-2H3,(H2,27,31)(H,28,30). The van der Waals surface area contributed by atoms with E-state index in [1.807, 2.05) is 30.3 Å². The highest BCUT2D eigenvalue weighted by Gasteiger charge is 2.37. The van der Waals surface area contributed by atoms with Crippen LogP contribution in [0.2, 0.25) is 0 Å². The van der Waals surface area contributed by atoms with Crippen LogP contribution < -0.4 is 16.0 Å². The van der Waals surface area contributed by atoms with E-state index >= 15 is 0 Å². The zero-order valence-corrected chi connectivity index (χ0v) is 18.2. The fourth-order valence-corrected chi connectivity index (χ4v) is 3.88. The van der Waals surface area contributed by atoms with Crippen LogP contribution in [0.5, 0.6) is 0 Å². The minimum Gasteiger partial charge on any atom is -0.371 e. The molecule has 1 aliphatic heterocycles. The smallest absolute Gasteiger partial charge is 0.223 e. The minimum absolute atomic E-state index is 0.167. The molecule has 6 heteroatoms. The lowest BCUT2D eigenvalue weighted by Crippen LogP contribution is -2.54. The number of nitrogens with one attached hydrogen (secondary N) is 1. The first-order chi connectivity index (χ1) is 14.8. The van der Waals surface area contributed by atoms with Gasteiger partial charge in [-0.05, 0) is 18.1 Å². The van der Waals surface area contributed by atoms with Gasteiger partial charge in [-0.15, -0.1) is 0 Å². The predicted octanol–water partition coefficient (Wildman–Crippen LogP) is 3.62. The Labute approximate surface area is 184 Å². The third kappa shape index (κ3) is 5.24. The number of carbonyl (C=O) groups is 2. The van der Waals surface area contributed by atoms with Crippen LogP contribution in [0, 0.1) is 16.7 Å². The number of amides is 2. The first-order valence-electron chi connectivity index (χ1n) is 10.7. The summed E-state index contributed by atoms with van der Waals surface area (Å²) >= 11 is 0. The van der Waals surface area contributed by atoms with Crippen molar-refractivity contribution in [3.8, 4) is 17.2 Å². The number of nitriles is 1. The number of nitrogens with zero attached hydrogens (tertiary/aromatic N) is 2. The van der Waals surface area contributed by atoms with Crippen molar-refractivity contribution in [2.24, 2.45) is 11.1 Å². The number of rotatable bonds is 7. The molecular formula is C25H30N4O2. The summed E-state index contributed by atoms with van der Waals surface area (Å²) in [7, 11) is 0. The molecule has 0 radical (unpaired) electrons. The van der Waals surface area contributed by atoms with E-state index in [0.29, 0.717) is 32.4 Å². The molecule has 0 aliphatic carbocycles. The Bertz CT molecular complexity index is 971. The summed E-state index contributed by atoms with van der Waals surface area (Å²) in [6.45, 7) is 4.80. The monoisotopic (exact) mass is 418 g/mol. The van der Waals surface area contributed by atoms with Crippen molar-refractivity contribution in [3.63, 3.8) is 0 Å². The summed E-state index contributed by atoms with van der Waals surface area (Å²) in [4.78, 5) is 26.3. The second-order valence-electron chi connectivity index (χ2n) is 8.86. The van der Waals surface area contributed by atoms with Gasteiger partial charge in [0.15, 0.2) is 0 Å². The van der Waals surface area contributed by atoms with Crippen LogP contribution in [-0.4, -0.2) is 30.4 Å². The van der Waals surface area contributed by atoms with Gasteiger partial charge in [0.1, 0.15) is 5.54 Å². The summed E-state index contributed by atoms with van der Waals surface area (Å²) in [5.74, 6) is -0.644. The molecule has 1 heterocycles. The molecule has 162 valence electrons. The third-order valence-electron chi connectivity index (χ3n) is 6.18. The molecule has 0 spiro atoms. The Hall–Kier alpha value is -3.33. The van der Waals surface area contributed by atoms with Crippen molar-refractivity contribution in [2.75, 3.05) is 18.0 Å². The molecule has 6 nitrogen and oxygen atoms in total. The average molecular weight is 419 g/mol. The van der Waals surface area contributed by atoms with Crippen LogP contribution in [0.1, 0.15) is 39.5 Å². The van der Waals surface area contributed by atoms with Crippen molar-refractivity contribution in [3.05, 3.63) is 54.6 Å². The quantitative estimate of drug-likeness (QED) is 0.717. The molecule has 2 aromatic rings. The second kappa shape index (κ2) is 9.22. The molecule has 2 amide bonds. The molecule has 3 N–H and O–H groups in total. The van der Waals surface area contributed by atoms with Crippen molar-refractivity contribution in [1.82, 2.24) is 5.32 Å². The number of nitrogens with two attached hydrogens (primary N) is 1. The summed E-state index contributed by atoms with van der Waals surface area (Å²) < 4.78 is 0. The lowest BCUT2D eigenvalue weighted by molar-refractivity contribution is -0.127. The van der Waals surface area contributed by atoms with Crippen molar-refractivity contribution < 1.29 is 9.59 Å². The van der Waals surface area contributed by atoms with Gasteiger partial charge in [-0.1, -0.05) is 62.4 Å². The van der Waals surface area contributed by atoms with E-state index in [1.54, 1.807) is 13.8 Å². The van der Waals surface area contributed by atoms with Crippen LogP contribution in [-0.2, 0) is 9.59 Å². The van der Waals surface area contributed by atoms with Crippen LogP contribution in [0.4, 0.5) is 5.69 Å². The normalized spacial score (nSPS) is 15.7. The number of hydrogen-bond acceptors (Lipinski definition) is 4. The minimum atomic E-state index is -0.883. The first-order valence-corrected chi connectivity index (χ1v) is 10.7. The largest absolute Gasteiger partial charge is 0.371 e.